The van der Waals surface area contributed by atoms with Gasteiger partial charge in [-0.05, 0) is 12.1 Å². The van der Waals surface area contributed by atoms with Crippen molar-refractivity contribution in [3.8, 4) is 11.4 Å². The van der Waals surface area contributed by atoms with Crippen LogP contribution in [-0.2, 0) is 0 Å². The minimum Gasteiger partial charge on any atom is -0.476 e. The maximum Gasteiger partial charge on any atom is 0.356 e. The number of carboxylic acid groups (broad SMARTS) is 1. The third kappa shape index (κ3) is 1.63. The highest BCUT2D eigenvalue weighted by Crippen LogP contribution is 2.22. The molecule has 18 heavy (non-hydrogen) atoms. The molecule has 0 aliphatic carbocycles. The van der Waals surface area contributed by atoms with Gasteiger partial charge in [0.2, 0.25) is 0 Å². The van der Waals surface area contributed by atoms with Gasteiger partial charge in [0, 0.05) is 12.4 Å². The van der Waals surface area contributed by atoms with E-state index in [1.54, 1.807) is 22.7 Å². The van der Waals surface area contributed by atoms with Gasteiger partial charge in [0.05, 0.1) is 11.8 Å². The van der Waals surface area contributed by atoms with Crippen molar-refractivity contribution < 1.29 is 9.90 Å². The molecule has 6 nitrogen and oxygen atoms in total. The molecule has 0 aliphatic rings. The molecule has 3 heterocycles. The lowest BCUT2D eigenvalue weighted by Crippen LogP contribution is -1.95. The minimum atomic E-state index is -1.07. The number of fused-ring (bicyclic) bond motifs is 1. The molecule has 0 aromatic carbocycles. The number of carbonyl (C=O) groups is 1. The molecule has 0 amide bonds. The Kier molecular flexibility index (Phi) is 2.31. The fourth-order valence-corrected chi connectivity index (χ4v) is 1.87. The summed E-state index contributed by atoms with van der Waals surface area (Å²) in [6.45, 7) is 0. The molecule has 0 radical (unpaired) electrons. The van der Waals surface area contributed by atoms with Crippen LogP contribution in [0.1, 0.15) is 10.5 Å². The van der Waals surface area contributed by atoms with E-state index in [1.165, 1.54) is 12.4 Å². The number of rotatable bonds is 2. The summed E-state index contributed by atoms with van der Waals surface area (Å²) in [5.74, 6) is -0.518. The van der Waals surface area contributed by atoms with Crippen LogP contribution in [-0.4, -0.2) is 30.4 Å². The van der Waals surface area contributed by atoms with Crippen LogP contribution < -0.4 is 0 Å². The topological polar surface area (TPSA) is 83.3 Å². The number of hydrogen-bond donors (Lipinski definition) is 2. The van der Waals surface area contributed by atoms with Crippen molar-refractivity contribution in [3.05, 3.63) is 41.6 Å². The van der Waals surface area contributed by atoms with Gasteiger partial charge in [0.15, 0.2) is 5.69 Å². The van der Waals surface area contributed by atoms with Gasteiger partial charge in [-0.2, -0.15) is 0 Å². The van der Waals surface area contributed by atoms with Crippen molar-refractivity contribution in [2.24, 2.45) is 0 Å². The maximum atomic E-state index is 10.9. The van der Waals surface area contributed by atoms with Crippen LogP contribution in [0.5, 0.6) is 0 Å². The van der Waals surface area contributed by atoms with Gasteiger partial charge >= 0.3 is 5.97 Å². The largest absolute Gasteiger partial charge is 0.476 e. The van der Waals surface area contributed by atoms with E-state index in [-0.39, 0.29) is 5.69 Å². The number of aromatic nitrogens is 4. The first-order chi connectivity index (χ1) is 8.65. The fourth-order valence-electron chi connectivity index (χ4n) is 1.74. The van der Waals surface area contributed by atoms with Crippen LogP contribution in [0.25, 0.3) is 17.0 Å². The predicted molar refractivity (Wildman–Crippen MR) is 64.7 cm³/mol. The van der Waals surface area contributed by atoms with Crippen molar-refractivity contribution in [3.63, 3.8) is 0 Å². The summed E-state index contributed by atoms with van der Waals surface area (Å²) >= 11 is 5.78. The van der Waals surface area contributed by atoms with Gasteiger partial charge in [-0.25, -0.2) is 14.8 Å². The maximum absolute atomic E-state index is 10.9. The molecule has 0 saturated carbocycles. The van der Waals surface area contributed by atoms with E-state index in [2.05, 4.69) is 15.0 Å². The van der Waals surface area contributed by atoms with Crippen LogP contribution in [0, 0.1) is 0 Å². The van der Waals surface area contributed by atoms with Gasteiger partial charge in [0.1, 0.15) is 16.6 Å². The molecule has 7 heteroatoms. The van der Waals surface area contributed by atoms with Crippen LogP contribution in [0.2, 0.25) is 5.15 Å². The average Bonchev–Trinajstić information content (AvgIpc) is 2.94. The number of nitrogens with zero attached hydrogens (tertiary/aromatic N) is 3. The lowest BCUT2D eigenvalue weighted by molar-refractivity contribution is 0.0691. The first kappa shape index (κ1) is 10.8. The molecule has 0 saturated heterocycles. The number of H-pyrrole nitrogens is 1. The molecule has 0 spiro atoms. The average molecular weight is 263 g/mol. The normalized spacial score (nSPS) is 10.9. The van der Waals surface area contributed by atoms with E-state index in [1.807, 2.05) is 0 Å². The number of hydrogen-bond acceptors (Lipinski definition) is 3. The molecule has 3 rings (SSSR count). The Labute approximate surface area is 106 Å². The van der Waals surface area contributed by atoms with E-state index in [0.29, 0.717) is 22.2 Å². The third-order valence-electron chi connectivity index (χ3n) is 2.50. The SMILES string of the molecule is O=C(O)c1cn2cccc(-c3ncc(Cl)[nH]3)c2n1. The molecule has 0 unspecified atom stereocenters. The number of imidazole rings is 2. The molecule has 0 fully saturated rings. The van der Waals surface area contributed by atoms with E-state index < -0.39 is 5.97 Å². The summed E-state index contributed by atoms with van der Waals surface area (Å²) in [6, 6.07) is 3.58. The molecule has 0 bridgehead atoms. The number of halogens is 1. The summed E-state index contributed by atoms with van der Waals surface area (Å²) < 4.78 is 1.63. The van der Waals surface area contributed by atoms with Gasteiger partial charge in [0.25, 0.3) is 0 Å². The van der Waals surface area contributed by atoms with Gasteiger partial charge in [-0.15, -0.1) is 0 Å². The van der Waals surface area contributed by atoms with Crippen molar-refractivity contribution in [2.75, 3.05) is 0 Å². The number of aromatic carboxylic acids is 1. The zero-order chi connectivity index (χ0) is 12.7. The van der Waals surface area contributed by atoms with Crippen molar-refractivity contribution in [1.82, 2.24) is 19.4 Å². The first-order valence-electron chi connectivity index (χ1n) is 5.07. The number of carboxylic acids is 1. The Hall–Kier alpha value is -2.34. The Morgan fingerprint density at radius 3 is 3.00 bits per heavy atom. The zero-order valence-corrected chi connectivity index (χ0v) is 9.72. The smallest absolute Gasteiger partial charge is 0.356 e. The van der Waals surface area contributed by atoms with Gasteiger partial charge in [-0.3, -0.25) is 0 Å². The quantitative estimate of drug-likeness (QED) is 0.741. The highest BCUT2D eigenvalue weighted by molar-refractivity contribution is 6.29. The second-order valence-corrected chi connectivity index (χ2v) is 4.07. The number of nitrogens with one attached hydrogen (secondary N) is 1. The predicted octanol–water partition coefficient (Wildman–Crippen LogP) is 2.08. The van der Waals surface area contributed by atoms with Crippen LogP contribution in [0.3, 0.4) is 0 Å². The van der Waals surface area contributed by atoms with Crippen LogP contribution >= 0.6 is 11.6 Å². The van der Waals surface area contributed by atoms with E-state index >= 15 is 0 Å². The zero-order valence-electron chi connectivity index (χ0n) is 8.96. The summed E-state index contributed by atoms with van der Waals surface area (Å²) in [7, 11) is 0. The molecule has 90 valence electrons. The molecule has 0 atom stereocenters. The molecule has 2 N–H and O–H groups in total. The second kappa shape index (κ2) is 3.85. The van der Waals surface area contributed by atoms with E-state index in [9.17, 15) is 4.79 Å². The van der Waals surface area contributed by atoms with E-state index in [0.717, 1.165) is 0 Å². The highest BCUT2D eigenvalue weighted by Gasteiger charge is 2.13. The third-order valence-corrected chi connectivity index (χ3v) is 2.69. The molecule has 0 aliphatic heterocycles. The Balaban J connectivity index is 2.26. The summed E-state index contributed by atoms with van der Waals surface area (Å²) in [6.07, 6.45) is 4.66. The summed E-state index contributed by atoms with van der Waals surface area (Å²) in [4.78, 5) is 21.9. The van der Waals surface area contributed by atoms with Gasteiger partial charge in [-0.1, -0.05) is 11.6 Å². The Morgan fingerprint density at radius 1 is 1.50 bits per heavy atom. The first-order valence-corrected chi connectivity index (χ1v) is 5.45. The van der Waals surface area contributed by atoms with Crippen molar-refractivity contribution in [2.45, 2.75) is 0 Å². The highest BCUT2D eigenvalue weighted by atomic mass is 35.5. The standard InChI is InChI=1S/C11H7ClN4O2/c12-8-4-13-9(15-8)6-2-1-3-16-5-7(11(17)18)14-10(6)16/h1-5H,(H,13,15)(H,17,18). The number of pyridine rings is 1. The van der Waals surface area contributed by atoms with Crippen LogP contribution in [0.15, 0.2) is 30.7 Å². The Morgan fingerprint density at radius 2 is 2.33 bits per heavy atom. The summed E-state index contributed by atoms with van der Waals surface area (Å²) in [5, 5.41) is 9.34. The molecule has 3 aromatic heterocycles. The van der Waals surface area contributed by atoms with Crippen LogP contribution in [0.4, 0.5) is 0 Å². The molecule has 3 aromatic rings. The van der Waals surface area contributed by atoms with Gasteiger partial charge < -0.3 is 14.5 Å². The monoisotopic (exact) mass is 262 g/mol. The Bertz CT molecular complexity index is 746. The lowest BCUT2D eigenvalue weighted by atomic mass is 10.2. The summed E-state index contributed by atoms with van der Waals surface area (Å²) in [5.41, 5.74) is 1.19. The second-order valence-electron chi connectivity index (χ2n) is 3.66. The van der Waals surface area contributed by atoms with Crippen molar-refractivity contribution >= 4 is 23.2 Å². The minimum absolute atomic E-state index is 0.0138. The number of aromatic amines is 1. The molecular weight excluding hydrogens is 256 g/mol. The lowest BCUT2D eigenvalue weighted by Gasteiger charge is -1.99. The van der Waals surface area contributed by atoms with E-state index in [4.69, 9.17) is 16.7 Å². The fraction of sp³-hybridized carbons (Fsp3) is 0. The molecular formula is C11H7ClN4O2. The van der Waals surface area contributed by atoms with Crippen molar-refractivity contribution in [1.29, 1.82) is 0 Å².